The summed E-state index contributed by atoms with van der Waals surface area (Å²) >= 11 is 0. The summed E-state index contributed by atoms with van der Waals surface area (Å²) in [5.74, 6) is -7.57. The van der Waals surface area contributed by atoms with Gasteiger partial charge in [-0.05, 0) is 54.3 Å². The van der Waals surface area contributed by atoms with Crippen molar-refractivity contribution in [2.24, 2.45) is 5.41 Å². The Bertz CT molecular complexity index is 1640. The minimum atomic E-state index is -5.19. The van der Waals surface area contributed by atoms with E-state index in [1.54, 1.807) is 25.9 Å². The number of fused-ring (bicyclic) bond motifs is 1. The van der Waals surface area contributed by atoms with Gasteiger partial charge in [-0.25, -0.2) is 27.5 Å². The van der Waals surface area contributed by atoms with E-state index < -0.39 is 94.0 Å². The molecule has 1 aliphatic carbocycles. The van der Waals surface area contributed by atoms with Gasteiger partial charge in [0.15, 0.2) is 17.5 Å². The molecule has 3 aromatic rings. The van der Waals surface area contributed by atoms with E-state index in [4.69, 9.17) is 15.2 Å². The van der Waals surface area contributed by atoms with Gasteiger partial charge in [-0.1, -0.05) is 13.3 Å². The van der Waals surface area contributed by atoms with Crippen molar-refractivity contribution in [3.8, 4) is 23.1 Å². The zero-order chi connectivity index (χ0) is 35.8. The third kappa shape index (κ3) is 7.61. The number of nitrogen functional groups attached to an aromatic ring is 1. The molecule has 0 spiro atoms. The number of rotatable bonds is 15. The Labute approximate surface area is 274 Å². The van der Waals surface area contributed by atoms with Gasteiger partial charge in [-0.2, -0.15) is 23.1 Å². The third-order valence-electron chi connectivity index (χ3n) is 8.22. The molecule has 3 atom stereocenters. The highest BCUT2D eigenvalue weighted by atomic mass is 19.4. The first-order valence-electron chi connectivity index (χ1n) is 15.5. The highest BCUT2D eigenvalue weighted by Crippen LogP contribution is 2.60. The molecule has 4 rings (SSSR count). The summed E-state index contributed by atoms with van der Waals surface area (Å²) in [6.45, 7) is 6.65. The van der Waals surface area contributed by atoms with Crippen molar-refractivity contribution < 1.29 is 40.2 Å². The normalized spacial score (nSPS) is 18.6. The second-order valence-electron chi connectivity index (χ2n) is 12.6. The molecule has 0 bridgehead atoms. The Morgan fingerprint density at radius 2 is 1.71 bits per heavy atom. The number of halogens is 7. The number of nitrogens with zero attached hydrogens (tertiary/aromatic N) is 5. The van der Waals surface area contributed by atoms with Gasteiger partial charge in [0.25, 0.3) is 5.92 Å². The number of ether oxygens (including phenoxy) is 2. The maximum Gasteiger partial charge on any atom is 0.418 e. The van der Waals surface area contributed by atoms with E-state index in [-0.39, 0.29) is 23.8 Å². The monoisotopic (exact) mass is 690 g/mol. The number of aromatic nitrogens is 4. The molecule has 1 aliphatic rings. The van der Waals surface area contributed by atoms with Gasteiger partial charge in [0.2, 0.25) is 5.88 Å². The van der Waals surface area contributed by atoms with Crippen molar-refractivity contribution in [2.45, 2.75) is 77.6 Å². The number of hydrogen-bond acceptors (Lipinski definition) is 10. The summed E-state index contributed by atoms with van der Waals surface area (Å²) in [6.07, 6.45) is -3.96. The first-order valence-corrected chi connectivity index (χ1v) is 15.5. The molecule has 3 unspecified atom stereocenters. The molecule has 0 aliphatic heterocycles. The molecule has 0 saturated heterocycles. The fourth-order valence-corrected chi connectivity index (χ4v) is 5.77. The highest BCUT2D eigenvalue weighted by molar-refractivity contribution is 5.96. The van der Waals surface area contributed by atoms with Crippen LogP contribution in [0.15, 0.2) is 0 Å². The van der Waals surface area contributed by atoms with Crippen LogP contribution in [0.3, 0.4) is 0 Å². The average molecular weight is 691 g/mol. The maximum atomic E-state index is 16.5. The number of nitrogens with two attached hydrogens (primary N) is 1. The predicted molar refractivity (Wildman–Crippen MR) is 167 cm³/mol. The van der Waals surface area contributed by atoms with E-state index in [9.17, 15) is 22.0 Å². The van der Waals surface area contributed by atoms with E-state index in [0.29, 0.717) is 13.0 Å². The molecule has 4 N–H and O–H groups in total. The molecule has 3 heterocycles. The first kappa shape index (κ1) is 37.1. The number of anilines is 2. The minimum absolute atomic E-state index is 0.0286. The Morgan fingerprint density at radius 1 is 1.04 bits per heavy atom. The molecule has 17 heteroatoms. The van der Waals surface area contributed by atoms with E-state index in [0.717, 1.165) is 19.8 Å². The lowest BCUT2D eigenvalue weighted by Crippen LogP contribution is -2.32. The summed E-state index contributed by atoms with van der Waals surface area (Å²) in [4.78, 5) is 17.4. The van der Waals surface area contributed by atoms with Crippen LogP contribution in [0.4, 0.5) is 42.4 Å². The standard InChI is InChI=1S/C31H41F7N8O2/c1-8-9-15(2)41-11-10-16(3)48-27-19-24(22(33)23(43-27)18-20(31(36,37)38)17(4)42-25(39)21(18)32)44-28(45-26(19)40-5)47-14-29(13-46(6)7)12-30(29,34)35/h15-16,41H,8-14H2,1-7H3,(H2,39,42)(H,40,44,45). The fourth-order valence-electron chi connectivity index (χ4n) is 5.77. The van der Waals surface area contributed by atoms with Gasteiger partial charge >= 0.3 is 12.2 Å². The van der Waals surface area contributed by atoms with Gasteiger partial charge in [0.1, 0.15) is 29.0 Å². The van der Waals surface area contributed by atoms with Crippen molar-refractivity contribution >= 4 is 22.5 Å². The molecule has 0 radical (unpaired) electrons. The number of pyridine rings is 2. The van der Waals surface area contributed by atoms with Crippen molar-refractivity contribution in [1.29, 1.82) is 0 Å². The van der Waals surface area contributed by atoms with Crippen molar-refractivity contribution in [2.75, 3.05) is 51.9 Å². The molecule has 0 aromatic carbocycles. The SMILES string of the molecule is CCCC(C)NCCC(C)Oc1nc(-c2c(F)c(N)nc(C)c2C(F)(F)F)c(F)c2nc(OCC3(CN(C)C)CC3(F)F)nc(NC)c12. The van der Waals surface area contributed by atoms with Crippen LogP contribution in [-0.2, 0) is 6.18 Å². The number of nitrogens with one attached hydrogen (secondary N) is 2. The minimum Gasteiger partial charge on any atom is -0.474 e. The van der Waals surface area contributed by atoms with E-state index in [2.05, 4.69) is 37.5 Å². The number of hydrogen-bond donors (Lipinski definition) is 3. The lowest BCUT2D eigenvalue weighted by Gasteiger charge is -2.22. The van der Waals surface area contributed by atoms with Crippen molar-refractivity contribution in [3.05, 3.63) is 22.9 Å². The quantitative estimate of drug-likeness (QED) is 0.159. The van der Waals surface area contributed by atoms with Crippen LogP contribution in [0.25, 0.3) is 22.2 Å². The van der Waals surface area contributed by atoms with Gasteiger partial charge in [-0.3, -0.25) is 0 Å². The second-order valence-corrected chi connectivity index (χ2v) is 12.6. The summed E-state index contributed by atoms with van der Waals surface area (Å²) in [5.41, 5.74) is -1.27. The lowest BCUT2D eigenvalue weighted by atomic mass is 10.0. The zero-order valence-electron chi connectivity index (χ0n) is 27.9. The number of alkyl halides is 5. The molecule has 266 valence electrons. The van der Waals surface area contributed by atoms with E-state index in [1.807, 2.05) is 6.92 Å². The Kier molecular flexibility index (Phi) is 10.8. The first-order chi connectivity index (χ1) is 22.4. The largest absolute Gasteiger partial charge is 0.474 e. The molecule has 48 heavy (non-hydrogen) atoms. The van der Waals surface area contributed by atoms with Gasteiger partial charge in [0, 0.05) is 26.1 Å². The molecule has 3 aromatic heterocycles. The molecular weight excluding hydrogens is 649 g/mol. The van der Waals surface area contributed by atoms with Crippen LogP contribution in [0, 0.1) is 24.0 Å². The van der Waals surface area contributed by atoms with Gasteiger partial charge in [-0.15, -0.1) is 0 Å². The smallest absolute Gasteiger partial charge is 0.418 e. The zero-order valence-corrected chi connectivity index (χ0v) is 27.9. The molecule has 0 amide bonds. The van der Waals surface area contributed by atoms with E-state index in [1.165, 1.54) is 7.05 Å². The van der Waals surface area contributed by atoms with E-state index >= 15 is 8.78 Å². The fraction of sp³-hybridized carbons (Fsp3) is 0.613. The predicted octanol–water partition coefficient (Wildman–Crippen LogP) is 6.22. The second kappa shape index (κ2) is 14.0. The van der Waals surface area contributed by atoms with Crippen LogP contribution in [0.2, 0.25) is 0 Å². The Morgan fingerprint density at radius 3 is 2.27 bits per heavy atom. The summed E-state index contributed by atoms with van der Waals surface area (Å²) in [5, 5.41) is 5.90. The summed E-state index contributed by atoms with van der Waals surface area (Å²) < 4.78 is 115. The van der Waals surface area contributed by atoms with Gasteiger partial charge in [0.05, 0.1) is 28.3 Å². The van der Waals surface area contributed by atoms with Crippen molar-refractivity contribution in [3.63, 3.8) is 0 Å². The van der Waals surface area contributed by atoms with Crippen molar-refractivity contribution in [1.82, 2.24) is 30.2 Å². The van der Waals surface area contributed by atoms with Gasteiger partial charge < -0.3 is 30.7 Å². The highest BCUT2D eigenvalue weighted by Gasteiger charge is 2.71. The molecule has 1 fully saturated rings. The summed E-state index contributed by atoms with van der Waals surface area (Å²) in [7, 11) is 4.66. The maximum absolute atomic E-state index is 16.5. The lowest BCUT2D eigenvalue weighted by molar-refractivity contribution is -0.138. The number of aryl methyl sites for hydroxylation is 1. The molecule has 10 nitrogen and oxygen atoms in total. The molecule has 1 saturated carbocycles. The van der Waals surface area contributed by atoms with Crippen LogP contribution in [0.1, 0.15) is 57.7 Å². The Hall–Kier alpha value is -3.73. The Balaban J connectivity index is 1.89. The van der Waals surface area contributed by atoms with Crippen LogP contribution >= 0.6 is 0 Å². The summed E-state index contributed by atoms with van der Waals surface area (Å²) in [6, 6.07) is -0.323. The topological polar surface area (TPSA) is 123 Å². The third-order valence-corrected chi connectivity index (χ3v) is 8.22. The van der Waals surface area contributed by atoms with Crippen LogP contribution < -0.4 is 25.8 Å². The van der Waals surface area contributed by atoms with Crippen LogP contribution in [-0.4, -0.2) is 83.7 Å². The van der Waals surface area contributed by atoms with Crippen LogP contribution in [0.5, 0.6) is 11.9 Å². The molecular formula is C31H41F7N8O2. The average Bonchev–Trinajstić information content (AvgIpc) is 3.52.